The van der Waals surface area contributed by atoms with E-state index in [9.17, 15) is 0 Å². The Morgan fingerprint density at radius 1 is 1.33 bits per heavy atom. The number of nitrogens with zero attached hydrogens (tertiary/aromatic N) is 2. The average Bonchev–Trinajstić information content (AvgIpc) is 2.92. The monoisotopic (exact) mass is 311 g/mol. The molecule has 1 heterocycles. The molecule has 0 radical (unpaired) electrons. The first-order valence-electron chi connectivity index (χ1n) is 6.58. The lowest BCUT2D eigenvalue weighted by Gasteiger charge is -2.34. The van der Waals surface area contributed by atoms with Crippen LogP contribution >= 0.6 is 12.4 Å². The normalized spacial score (nSPS) is 15.7. The summed E-state index contributed by atoms with van der Waals surface area (Å²) in [4.78, 5) is 4.30. The van der Waals surface area contributed by atoms with Crippen LogP contribution in [0.15, 0.2) is 28.8 Å². The van der Waals surface area contributed by atoms with Gasteiger partial charge in [0.2, 0.25) is 0 Å². The molecule has 0 unspecified atom stereocenters. The van der Waals surface area contributed by atoms with Crippen molar-refractivity contribution in [2.24, 2.45) is 5.73 Å². The highest BCUT2D eigenvalue weighted by molar-refractivity contribution is 5.85. The SMILES string of the molecule is COc1cccc(OCc2nc(C3(N)CCC3)no2)c1.Cl. The molecule has 2 aromatic rings. The minimum atomic E-state index is -0.405. The van der Waals surface area contributed by atoms with E-state index in [1.807, 2.05) is 18.2 Å². The van der Waals surface area contributed by atoms with Crippen LogP contribution in [0.25, 0.3) is 0 Å². The highest BCUT2D eigenvalue weighted by Crippen LogP contribution is 2.36. The smallest absolute Gasteiger partial charge is 0.264 e. The first kappa shape index (κ1) is 15.6. The number of aromatic nitrogens is 2. The van der Waals surface area contributed by atoms with Gasteiger partial charge in [0.05, 0.1) is 12.6 Å². The zero-order chi connectivity index (χ0) is 14.0. The highest BCUT2D eigenvalue weighted by atomic mass is 35.5. The molecule has 21 heavy (non-hydrogen) atoms. The Balaban J connectivity index is 0.00000161. The predicted octanol–water partition coefficient (Wildman–Crippen LogP) is 2.42. The van der Waals surface area contributed by atoms with Crippen LogP contribution in [0.3, 0.4) is 0 Å². The van der Waals surface area contributed by atoms with Crippen molar-refractivity contribution in [3.05, 3.63) is 36.0 Å². The second kappa shape index (κ2) is 6.32. The molecule has 0 atom stereocenters. The lowest BCUT2D eigenvalue weighted by Crippen LogP contribution is -2.44. The average molecular weight is 312 g/mol. The number of methoxy groups -OCH3 is 1. The number of hydrogen-bond acceptors (Lipinski definition) is 6. The number of hydrogen-bond donors (Lipinski definition) is 1. The molecule has 7 heteroatoms. The maximum atomic E-state index is 6.14. The van der Waals surface area contributed by atoms with Crippen molar-refractivity contribution in [1.82, 2.24) is 10.1 Å². The summed E-state index contributed by atoms with van der Waals surface area (Å²) in [6.45, 7) is 0.218. The molecule has 0 bridgehead atoms. The maximum absolute atomic E-state index is 6.14. The predicted molar refractivity (Wildman–Crippen MR) is 78.6 cm³/mol. The first-order chi connectivity index (χ1) is 9.69. The molecule has 2 N–H and O–H groups in total. The quantitative estimate of drug-likeness (QED) is 0.913. The van der Waals surface area contributed by atoms with E-state index in [-0.39, 0.29) is 19.0 Å². The van der Waals surface area contributed by atoms with E-state index in [0.717, 1.165) is 25.0 Å². The van der Waals surface area contributed by atoms with E-state index in [2.05, 4.69) is 10.1 Å². The summed E-state index contributed by atoms with van der Waals surface area (Å²) in [5.41, 5.74) is 5.74. The molecule has 0 saturated heterocycles. The van der Waals surface area contributed by atoms with Crippen molar-refractivity contribution < 1.29 is 14.0 Å². The molecule has 0 amide bonds. The molecule has 1 aliphatic rings. The van der Waals surface area contributed by atoms with Gasteiger partial charge in [0.25, 0.3) is 5.89 Å². The van der Waals surface area contributed by atoms with Gasteiger partial charge in [-0.3, -0.25) is 0 Å². The summed E-state index contributed by atoms with van der Waals surface area (Å²) < 4.78 is 15.9. The molecule has 114 valence electrons. The fraction of sp³-hybridized carbons (Fsp3) is 0.429. The molecule has 1 aromatic carbocycles. The largest absolute Gasteiger partial charge is 0.497 e. The lowest BCUT2D eigenvalue weighted by atomic mass is 9.77. The van der Waals surface area contributed by atoms with Crippen LogP contribution in [0, 0.1) is 0 Å². The number of rotatable bonds is 5. The van der Waals surface area contributed by atoms with Gasteiger partial charge in [-0.2, -0.15) is 4.98 Å². The molecule has 1 saturated carbocycles. The van der Waals surface area contributed by atoms with Gasteiger partial charge < -0.3 is 19.7 Å². The Bertz CT molecular complexity index is 599. The van der Waals surface area contributed by atoms with Crippen molar-refractivity contribution in [1.29, 1.82) is 0 Å². The van der Waals surface area contributed by atoms with E-state index < -0.39 is 5.54 Å². The Hall–Kier alpha value is -1.79. The molecule has 6 nitrogen and oxygen atoms in total. The van der Waals surface area contributed by atoms with Crippen molar-refractivity contribution in [2.75, 3.05) is 7.11 Å². The van der Waals surface area contributed by atoms with Gasteiger partial charge >= 0.3 is 0 Å². The van der Waals surface area contributed by atoms with Gasteiger partial charge in [-0.15, -0.1) is 12.4 Å². The molecular weight excluding hydrogens is 294 g/mol. The van der Waals surface area contributed by atoms with Gasteiger partial charge in [0.15, 0.2) is 12.4 Å². The fourth-order valence-electron chi connectivity index (χ4n) is 2.13. The number of benzene rings is 1. The highest BCUT2D eigenvalue weighted by Gasteiger charge is 2.38. The van der Waals surface area contributed by atoms with E-state index in [1.54, 1.807) is 13.2 Å². The zero-order valence-electron chi connectivity index (χ0n) is 11.7. The van der Waals surface area contributed by atoms with Gasteiger partial charge in [-0.1, -0.05) is 11.2 Å². The van der Waals surface area contributed by atoms with Crippen LogP contribution in [0.1, 0.15) is 31.0 Å². The summed E-state index contributed by atoms with van der Waals surface area (Å²) in [5.74, 6) is 2.44. The van der Waals surface area contributed by atoms with E-state index in [4.69, 9.17) is 19.7 Å². The number of ether oxygens (including phenoxy) is 2. The van der Waals surface area contributed by atoms with E-state index in [0.29, 0.717) is 17.5 Å². The summed E-state index contributed by atoms with van der Waals surface area (Å²) in [6.07, 6.45) is 2.92. The van der Waals surface area contributed by atoms with Crippen LogP contribution in [0.2, 0.25) is 0 Å². The summed E-state index contributed by atoms with van der Waals surface area (Å²) in [6, 6.07) is 7.35. The molecule has 1 fully saturated rings. The summed E-state index contributed by atoms with van der Waals surface area (Å²) in [7, 11) is 1.61. The van der Waals surface area contributed by atoms with Crippen LogP contribution in [-0.2, 0) is 12.1 Å². The van der Waals surface area contributed by atoms with Crippen molar-refractivity contribution in [2.45, 2.75) is 31.4 Å². The molecule has 0 aliphatic heterocycles. The lowest BCUT2D eigenvalue weighted by molar-refractivity contribution is 0.222. The van der Waals surface area contributed by atoms with E-state index in [1.165, 1.54) is 0 Å². The Morgan fingerprint density at radius 2 is 2.10 bits per heavy atom. The van der Waals surface area contributed by atoms with Crippen LogP contribution in [-0.4, -0.2) is 17.3 Å². The van der Waals surface area contributed by atoms with E-state index >= 15 is 0 Å². The zero-order valence-corrected chi connectivity index (χ0v) is 12.6. The molecular formula is C14H18ClN3O3. The fourth-order valence-corrected chi connectivity index (χ4v) is 2.13. The van der Waals surface area contributed by atoms with Gasteiger partial charge in [0.1, 0.15) is 11.5 Å². The molecule has 1 aromatic heterocycles. The Morgan fingerprint density at radius 3 is 2.76 bits per heavy atom. The van der Waals surface area contributed by atoms with Crippen molar-refractivity contribution >= 4 is 12.4 Å². The third kappa shape index (κ3) is 3.28. The van der Waals surface area contributed by atoms with Crippen LogP contribution in [0.4, 0.5) is 0 Å². The van der Waals surface area contributed by atoms with Crippen LogP contribution < -0.4 is 15.2 Å². The molecule has 1 aliphatic carbocycles. The van der Waals surface area contributed by atoms with Crippen molar-refractivity contribution in [3.63, 3.8) is 0 Å². The molecule has 0 spiro atoms. The Labute approximate surface area is 129 Å². The van der Waals surface area contributed by atoms with Crippen molar-refractivity contribution in [3.8, 4) is 11.5 Å². The van der Waals surface area contributed by atoms with Gasteiger partial charge in [-0.25, -0.2) is 0 Å². The third-order valence-corrected chi connectivity index (χ3v) is 3.56. The first-order valence-corrected chi connectivity index (χ1v) is 6.58. The number of halogens is 1. The second-order valence-corrected chi connectivity index (χ2v) is 4.99. The topological polar surface area (TPSA) is 83.4 Å². The minimum Gasteiger partial charge on any atom is -0.497 e. The minimum absolute atomic E-state index is 0. The standard InChI is InChI=1S/C14H17N3O3.ClH/c1-18-10-4-2-5-11(8-10)19-9-12-16-13(17-20-12)14(15)6-3-7-14;/h2,4-5,8H,3,6-7,9,15H2,1H3;1H. The summed E-state index contributed by atoms with van der Waals surface area (Å²) in [5, 5.41) is 3.94. The van der Waals surface area contributed by atoms with Crippen LogP contribution in [0.5, 0.6) is 11.5 Å². The summed E-state index contributed by atoms with van der Waals surface area (Å²) >= 11 is 0. The third-order valence-electron chi connectivity index (χ3n) is 3.56. The molecule has 3 rings (SSSR count). The van der Waals surface area contributed by atoms with Gasteiger partial charge in [-0.05, 0) is 31.4 Å². The van der Waals surface area contributed by atoms with Gasteiger partial charge in [0, 0.05) is 6.07 Å². The Kier molecular flexibility index (Phi) is 4.69. The number of nitrogens with two attached hydrogens (primary N) is 1. The maximum Gasteiger partial charge on any atom is 0.264 e. The second-order valence-electron chi connectivity index (χ2n) is 4.99.